The molecule has 0 spiro atoms. The van der Waals surface area contributed by atoms with Crippen molar-refractivity contribution in [2.24, 2.45) is 4.99 Å². The fourth-order valence-electron chi connectivity index (χ4n) is 4.76. The zero-order valence-electron chi connectivity index (χ0n) is 25.0. The van der Waals surface area contributed by atoms with Crippen LogP contribution in [0.5, 0.6) is 5.75 Å². The molecular formula is C32H32F3N7O2S. The van der Waals surface area contributed by atoms with Gasteiger partial charge in [-0.2, -0.15) is 4.99 Å². The van der Waals surface area contributed by atoms with E-state index in [4.69, 9.17) is 0 Å². The number of amides is 2. The van der Waals surface area contributed by atoms with Crippen molar-refractivity contribution in [2.45, 2.75) is 52.4 Å². The monoisotopic (exact) mass is 635 g/mol. The summed E-state index contributed by atoms with van der Waals surface area (Å²) in [5.74, 6) is 0.439. The number of hydrazine groups is 1. The minimum atomic E-state index is -4.76. The van der Waals surface area contributed by atoms with Gasteiger partial charge in [0.25, 0.3) is 0 Å². The molecule has 0 aliphatic heterocycles. The average Bonchev–Trinajstić information content (AvgIpc) is 3.68. The minimum Gasteiger partial charge on any atom is -0.406 e. The number of hydrogen-bond donors (Lipinski definition) is 2. The van der Waals surface area contributed by atoms with Crippen LogP contribution in [0.2, 0.25) is 0 Å². The summed E-state index contributed by atoms with van der Waals surface area (Å²) in [6.45, 7) is 8.31. The van der Waals surface area contributed by atoms with Crippen molar-refractivity contribution >= 4 is 17.4 Å². The molecule has 2 amide bonds. The second-order valence-electron chi connectivity index (χ2n) is 10.6. The molecule has 2 heterocycles. The number of nitrogens with one attached hydrogen (secondary N) is 2. The van der Waals surface area contributed by atoms with Gasteiger partial charge in [-0.1, -0.05) is 57.2 Å². The van der Waals surface area contributed by atoms with Crippen LogP contribution in [0, 0.1) is 6.92 Å². The van der Waals surface area contributed by atoms with E-state index in [0.717, 1.165) is 22.4 Å². The van der Waals surface area contributed by atoms with Crippen LogP contribution in [0.4, 0.5) is 18.0 Å². The zero-order chi connectivity index (χ0) is 32.1. The highest BCUT2D eigenvalue weighted by atomic mass is 32.1. The fraction of sp³-hybridized carbons (Fsp3) is 0.250. The molecule has 0 bridgehead atoms. The molecule has 2 aromatic heterocycles. The third-order valence-electron chi connectivity index (χ3n) is 7.01. The maximum absolute atomic E-state index is 12.8. The van der Waals surface area contributed by atoms with E-state index in [2.05, 4.69) is 62.7 Å². The first kappa shape index (κ1) is 31.7. The number of hydrogen-bond acceptors (Lipinski definition) is 6. The molecule has 0 saturated heterocycles. The zero-order valence-corrected chi connectivity index (χ0v) is 25.9. The normalized spacial score (nSPS) is 12.8. The van der Waals surface area contributed by atoms with Gasteiger partial charge in [0.2, 0.25) is 0 Å². The van der Waals surface area contributed by atoms with Gasteiger partial charge in [0.05, 0.1) is 17.4 Å². The molecular weight excluding hydrogens is 603 g/mol. The number of ether oxygens (including phenoxy) is 1. The number of aromatic nitrogens is 4. The van der Waals surface area contributed by atoms with E-state index in [-0.39, 0.29) is 11.8 Å². The van der Waals surface area contributed by atoms with E-state index in [0.29, 0.717) is 28.7 Å². The van der Waals surface area contributed by atoms with Gasteiger partial charge in [0.1, 0.15) is 12.1 Å². The third kappa shape index (κ3) is 7.86. The van der Waals surface area contributed by atoms with Crippen LogP contribution >= 0.6 is 11.3 Å². The van der Waals surface area contributed by atoms with Gasteiger partial charge in [0.15, 0.2) is 10.6 Å². The molecule has 45 heavy (non-hydrogen) atoms. The van der Waals surface area contributed by atoms with Crippen molar-refractivity contribution in [1.82, 2.24) is 30.2 Å². The Balaban J connectivity index is 1.24. The number of urea groups is 1. The molecule has 1 atom stereocenters. The SMILES string of the molecule is CCC(NNC(=O)N=c1sccn1-c1cc(C)ccc1C(C)C)c1ccc(-c2ncn(-c3ccc(OC(F)(F)F)cc3)n2)cc1. The van der Waals surface area contributed by atoms with Crippen molar-refractivity contribution in [3.05, 3.63) is 106 Å². The van der Waals surface area contributed by atoms with E-state index < -0.39 is 12.4 Å². The summed E-state index contributed by atoms with van der Waals surface area (Å²) in [4.78, 5) is 22.1. The summed E-state index contributed by atoms with van der Waals surface area (Å²) in [6.07, 6.45) is -0.657. The lowest BCUT2D eigenvalue weighted by Crippen LogP contribution is -2.39. The Labute approximate surface area is 262 Å². The van der Waals surface area contributed by atoms with Gasteiger partial charge in [-0.05, 0) is 66.3 Å². The Morgan fingerprint density at radius 2 is 1.80 bits per heavy atom. The van der Waals surface area contributed by atoms with Crippen LogP contribution in [-0.2, 0) is 0 Å². The maximum atomic E-state index is 12.8. The molecule has 0 fully saturated rings. The Kier molecular flexibility index (Phi) is 9.49. The first-order valence-corrected chi connectivity index (χ1v) is 15.1. The molecule has 5 rings (SSSR count). The number of halogens is 3. The Hall–Kier alpha value is -4.75. The van der Waals surface area contributed by atoms with Crippen LogP contribution in [0.15, 0.2) is 89.6 Å². The standard InChI is InChI=1S/C32H32F3N7O2S/c1-5-27(38-39-30(43)37-31-41(16-17-45-31)28-18-21(4)6-15-26(28)20(2)3)22-7-9-23(10-8-22)29-36-19-42(40-29)24-11-13-25(14-12-24)44-32(33,34)35/h6-20,27,38H,5H2,1-4H3,(H,39,43). The molecule has 9 nitrogen and oxygen atoms in total. The largest absolute Gasteiger partial charge is 0.573 e. The summed E-state index contributed by atoms with van der Waals surface area (Å²) in [7, 11) is 0. The maximum Gasteiger partial charge on any atom is 0.573 e. The van der Waals surface area contributed by atoms with E-state index in [1.807, 2.05) is 54.3 Å². The quantitative estimate of drug-likeness (QED) is 0.165. The van der Waals surface area contributed by atoms with Gasteiger partial charge in [-0.3, -0.25) is 9.99 Å². The van der Waals surface area contributed by atoms with E-state index in [9.17, 15) is 18.0 Å². The highest BCUT2D eigenvalue weighted by Gasteiger charge is 2.31. The highest BCUT2D eigenvalue weighted by molar-refractivity contribution is 7.07. The molecule has 5 aromatic rings. The van der Waals surface area contributed by atoms with Gasteiger partial charge in [-0.25, -0.2) is 19.9 Å². The number of nitrogens with zero attached hydrogens (tertiary/aromatic N) is 5. The number of alkyl halides is 3. The third-order valence-corrected chi connectivity index (χ3v) is 7.77. The predicted octanol–water partition coefficient (Wildman–Crippen LogP) is 7.38. The number of rotatable bonds is 9. The van der Waals surface area contributed by atoms with Crippen molar-refractivity contribution in [2.75, 3.05) is 0 Å². The molecule has 0 aliphatic carbocycles. The number of thiazole rings is 1. The molecule has 0 saturated carbocycles. The molecule has 13 heteroatoms. The number of carbonyl (C=O) groups excluding carboxylic acids is 1. The van der Waals surface area contributed by atoms with E-state index >= 15 is 0 Å². The van der Waals surface area contributed by atoms with Crippen molar-refractivity contribution < 1.29 is 22.7 Å². The number of benzene rings is 3. The lowest BCUT2D eigenvalue weighted by Gasteiger charge is -2.17. The molecule has 0 radical (unpaired) electrons. The van der Waals surface area contributed by atoms with Crippen molar-refractivity contribution in [3.8, 4) is 28.5 Å². The lowest BCUT2D eigenvalue weighted by molar-refractivity contribution is -0.274. The summed E-state index contributed by atoms with van der Waals surface area (Å²) in [5, 5.41) is 6.36. The Morgan fingerprint density at radius 3 is 2.47 bits per heavy atom. The smallest absolute Gasteiger partial charge is 0.406 e. The predicted molar refractivity (Wildman–Crippen MR) is 166 cm³/mol. The molecule has 0 aliphatic rings. The number of carbonyl (C=O) groups is 1. The Bertz CT molecular complexity index is 1830. The van der Waals surface area contributed by atoms with Crippen LogP contribution < -0.4 is 20.4 Å². The first-order chi connectivity index (χ1) is 21.5. The first-order valence-electron chi connectivity index (χ1n) is 14.3. The summed E-state index contributed by atoms with van der Waals surface area (Å²) in [6, 6.07) is 18.5. The van der Waals surface area contributed by atoms with Crippen LogP contribution in [0.3, 0.4) is 0 Å². The van der Waals surface area contributed by atoms with Crippen LogP contribution in [-0.4, -0.2) is 31.7 Å². The highest BCUT2D eigenvalue weighted by Crippen LogP contribution is 2.26. The minimum absolute atomic E-state index is 0.180. The van der Waals surface area contributed by atoms with Gasteiger partial charge in [0, 0.05) is 17.1 Å². The summed E-state index contributed by atoms with van der Waals surface area (Å²) >= 11 is 1.39. The van der Waals surface area contributed by atoms with Crippen LogP contribution in [0.25, 0.3) is 22.8 Å². The van der Waals surface area contributed by atoms with E-state index in [1.165, 1.54) is 52.2 Å². The van der Waals surface area contributed by atoms with Crippen molar-refractivity contribution in [1.29, 1.82) is 0 Å². The second-order valence-corrected chi connectivity index (χ2v) is 11.5. The molecule has 1 unspecified atom stereocenters. The van der Waals surface area contributed by atoms with Crippen LogP contribution in [0.1, 0.15) is 55.8 Å². The van der Waals surface area contributed by atoms with E-state index in [1.54, 1.807) is 0 Å². The fourth-order valence-corrected chi connectivity index (χ4v) is 5.47. The topological polar surface area (TPSA) is 98.4 Å². The van der Waals surface area contributed by atoms with Gasteiger partial charge < -0.3 is 4.74 Å². The Morgan fingerprint density at radius 1 is 1.07 bits per heavy atom. The summed E-state index contributed by atoms with van der Waals surface area (Å²) < 4.78 is 44.6. The van der Waals surface area contributed by atoms with Gasteiger partial charge >= 0.3 is 12.4 Å². The average molecular weight is 636 g/mol. The summed E-state index contributed by atoms with van der Waals surface area (Å²) in [5.41, 5.74) is 11.3. The number of aryl methyl sites for hydroxylation is 1. The molecule has 3 aromatic carbocycles. The second kappa shape index (κ2) is 13.5. The van der Waals surface area contributed by atoms with Crippen molar-refractivity contribution in [3.63, 3.8) is 0 Å². The molecule has 234 valence electrons. The molecule has 2 N–H and O–H groups in total. The lowest BCUT2D eigenvalue weighted by atomic mass is 9.99. The van der Waals surface area contributed by atoms with Gasteiger partial charge in [-0.15, -0.1) is 29.6 Å².